The van der Waals surface area contributed by atoms with E-state index in [1.807, 2.05) is 0 Å². The van der Waals surface area contributed by atoms with Gasteiger partial charge in [-0.1, -0.05) is 58.0 Å². The molecule has 1 N–H and O–H groups in total. The molecule has 9 heteroatoms. The van der Waals surface area contributed by atoms with Crippen molar-refractivity contribution in [3.63, 3.8) is 0 Å². The van der Waals surface area contributed by atoms with E-state index in [1.54, 1.807) is 0 Å². The van der Waals surface area contributed by atoms with Crippen molar-refractivity contribution in [1.29, 1.82) is 0 Å². The second-order valence-corrected chi connectivity index (χ2v) is 6.53. The fraction of sp³-hybridized carbons (Fsp3) is 0. The molecule has 0 aliphatic carbocycles. The number of phenolic OH excluding ortho intramolecular Hbond substituents is 1. The summed E-state index contributed by atoms with van der Waals surface area (Å²) in [5.41, 5.74) is -0.436. The van der Waals surface area contributed by atoms with Gasteiger partial charge in [-0.05, 0) is 18.2 Å². The lowest BCUT2D eigenvalue weighted by atomic mass is 10.1. The lowest BCUT2D eigenvalue weighted by Gasteiger charge is -2.15. The van der Waals surface area contributed by atoms with Crippen molar-refractivity contribution in [2.45, 2.75) is 0 Å². The van der Waals surface area contributed by atoms with Crippen molar-refractivity contribution in [3.8, 4) is 5.75 Å². The number of halogens is 5. The number of carbonyl (C=O) groups excluding carboxylic acids is 2. The largest absolute Gasteiger partial charge is 0.506 e. The first-order valence-electron chi connectivity index (χ1n) is 5.99. The Balaban J connectivity index is 2.29. The lowest BCUT2D eigenvalue weighted by molar-refractivity contribution is 0.0925. The highest BCUT2D eigenvalue weighted by molar-refractivity contribution is 6.56. The second kappa shape index (κ2) is 5.72. The highest BCUT2D eigenvalue weighted by Gasteiger charge is 2.43. The first-order valence-corrected chi connectivity index (χ1v) is 7.88. The third kappa shape index (κ3) is 2.37. The number of fused-ring (bicyclic) bond motifs is 1. The molecule has 2 aromatic carbocycles. The number of amides is 2. The van der Waals surface area contributed by atoms with E-state index in [4.69, 9.17) is 58.0 Å². The van der Waals surface area contributed by atoms with E-state index in [2.05, 4.69) is 0 Å². The number of hydrogen-bond donors (Lipinski definition) is 1. The monoisotopic (exact) mass is 409 g/mol. The summed E-state index contributed by atoms with van der Waals surface area (Å²) in [6.45, 7) is 0. The zero-order valence-corrected chi connectivity index (χ0v) is 14.6. The Morgan fingerprint density at radius 3 is 1.74 bits per heavy atom. The van der Waals surface area contributed by atoms with E-state index in [0.717, 1.165) is 4.90 Å². The number of hydrogen-bond acceptors (Lipinski definition) is 3. The molecule has 0 radical (unpaired) electrons. The van der Waals surface area contributed by atoms with Gasteiger partial charge in [-0.25, -0.2) is 4.90 Å². The molecule has 118 valence electrons. The minimum absolute atomic E-state index is 0.0944. The number of imide groups is 1. The van der Waals surface area contributed by atoms with Crippen LogP contribution in [-0.2, 0) is 0 Å². The Bertz CT molecular complexity index is 850. The predicted molar refractivity (Wildman–Crippen MR) is 90.7 cm³/mol. The molecule has 0 spiro atoms. The van der Waals surface area contributed by atoms with Crippen LogP contribution < -0.4 is 4.90 Å². The number of aromatic hydroxyl groups is 1. The highest BCUT2D eigenvalue weighted by Crippen LogP contribution is 2.46. The topological polar surface area (TPSA) is 57.6 Å². The van der Waals surface area contributed by atoms with E-state index in [0.29, 0.717) is 0 Å². The first-order chi connectivity index (χ1) is 10.8. The molecule has 0 atom stereocenters. The van der Waals surface area contributed by atoms with Gasteiger partial charge in [0.2, 0.25) is 0 Å². The van der Waals surface area contributed by atoms with Gasteiger partial charge in [-0.15, -0.1) is 0 Å². The minimum atomic E-state index is -0.784. The molecule has 1 aliphatic rings. The van der Waals surface area contributed by atoms with Crippen molar-refractivity contribution >= 4 is 75.5 Å². The molecule has 4 nitrogen and oxygen atoms in total. The van der Waals surface area contributed by atoms with Gasteiger partial charge in [0.05, 0.1) is 36.9 Å². The van der Waals surface area contributed by atoms with Gasteiger partial charge in [0, 0.05) is 5.02 Å². The summed E-state index contributed by atoms with van der Waals surface area (Å²) in [6.07, 6.45) is 0. The summed E-state index contributed by atoms with van der Waals surface area (Å²) >= 11 is 29.8. The molecule has 1 heterocycles. The Labute approximate surface area is 155 Å². The summed E-state index contributed by atoms with van der Waals surface area (Å²) in [5, 5.41) is 9.54. The number of carbonyl (C=O) groups is 2. The Hall–Kier alpha value is -1.17. The molecule has 2 aromatic rings. The second-order valence-electron chi connectivity index (χ2n) is 4.58. The molecular formula is C14H4Cl5NO3. The van der Waals surface area contributed by atoms with Crippen LogP contribution in [0.3, 0.4) is 0 Å². The van der Waals surface area contributed by atoms with Crippen LogP contribution in [0.1, 0.15) is 20.7 Å². The molecule has 0 bridgehead atoms. The van der Waals surface area contributed by atoms with Crippen LogP contribution in [-0.4, -0.2) is 16.9 Å². The quantitative estimate of drug-likeness (QED) is 0.385. The SMILES string of the molecule is O=C1c2c(Cl)c(Cl)c(Cl)c(Cl)c2C(=O)N1c1cc(Cl)ccc1O. The Morgan fingerprint density at radius 2 is 1.26 bits per heavy atom. The van der Waals surface area contributed by atoms with E-state index >= 15 is 0 Å². The van der Waals surface area contributed by atoms with Crippen LogP contribution in [0.5, 0.6) is 5.75 Å². The van der Waals surface area contributed by atoms with E-state index < -0.39 is 11.8 Å². The summed E-state index contributed by atoms with van der Waals surface area (Å²) in [4.78, 5) is 25.9. The number of phenols is 1. The molecule has 3 rings (SSSR count). The number of anilines is 1. The van der Waals surface area contributed by atoms with Crippen molar-refractivity contribution < 1.29 is 14.7 Å². The summed E-state index contributed by atoms with van der Waals surface area (Å²) in [7, 11) is 0. The number of nitrogens with zero attached hydrogens (tertiary/aromatic N) is 1. The van der Waals surface area contributed by atoms with Gasteiger partial charge in [-0.2, -0.15) is 0 Å². The summed E-state index contributed by atoms with van der Waals surface area (Å²) < 4.78 is 0. The van der Waals surface area contributed by atoms with Crippen LogP contribution in [0.4, 0.5) is 5.69 Å². The average Bonchev–Trinajstić information content (AvgIpc) is 2.77. The van der Waals surface area contributed by atoms with Gasteiger partial charge in [0.15, 0.2) is 0 Å². The van der Waals surface area contributed by atoms with Crippen LogP contribution in [0.15, 0.2) is 18.2 Å². The van der Waals surface area contributed by atoms with Crippen LogP contribution in [0.2, 0.25) is 25.1 Å². The van der Waals surface area contributed by atoms with Crippen molar-refractivity contribution in [1.82, 2.24) is 0 Å². The maximum Gasteiger partial charge on any atom is 0.267 e. The third-order valence-electron chi connectivity index (χ3n) is 3.28. The van der Waals surface area contributed by atoms with E-state index in [9.17, 15) is 14.7 Å². The van der Waals surface area contributed by atoms with Gasteiger partial charge in [0.1, 0.15) is 5.75 Å². The molecule has 23 heavy (non-hydrogen) atoms. The summed E-state index contributed by atoms with van der Waals surface area (Å²) in [5.74, 6) is -1.88. The maximum atomic E-state index is 12.6. The maximum absolute atomic E-state index is 12.6. The highest BCUT2D eigenvalue weighted by atomic mass is 35.5. The molecule has 0 saturated heterocycles. The average molecular weight is 411 g/mol. The molecule has 0 aromatic heterocycles. The van der Waals surface area contributed by atoms with Crippen LogP contribution in [0, 0.1) is 0 Å². The Kier molecular flexibility index (Phi) is 4.15. The lowest BCUT2D eigenvalue weighted by Crippen LogP contribution is -2.29. The molecular weight excluding hydrogens is 407 g/mol. The van der Waals surface area contributed by atoms with E-state index in [-0.39, 0.29) is 47.7 Å². The molecule has 0 unspecified atom stereocenters. The standard InChI is InChI=1S/C14H4Cl5NO3/c15-4-1-2-6(21)5(3-4)20-13(22)7-8(14(20)23)10(17)12(19)11(18)9(7)16/h1-3,21H. The van der Waals surface area contributed by atoms with Gasteiger partial charge >= 0.3 is 0 Å². The molecule has 0 fully saturated rings. The fourth-order valence-electron chi connectivity index (χ4n) is 2.24. The number of rotatable bonds is 1. The smallest absolute Gasteiger partial charge is 0.267 e. The van der Waals surface area contributed by atoms with Crippen molar-refractivity contribution in [2.24, 2.45) is 0 Å². The first kappa shape index (κ1) is 16.7. The summed E-state index contributed by atoms with van der Waals surface area (Å²) in [6, 6.07) is 3.93. The van der Waals surface area contributed by atoms with Crippen molar-refractivity contribution in [2.75, 3.05) is 4.90 Å². The van der Waals surface area contributed by atoms with Gasteiger partial charge in [-0.3, -0.25) is 9.59 Å². The Morgan fingerprint density at radius 1 is 0.783 bits per heavy atom. The molecule has 2 amide bonds. The zero-order valence-electron chi connectivity index (χ0n) is 10.8. The minimum Gasteiger partial charge on any atom is -0.506 e. The normalized spacial score (nSPS) is 13.7. The van der Waals surface area contributed by atoms with Gasteiger partial charge in [0.25, 0.3) is 11.8 Å². The van der Waals surface area contributed by atoms with Crippen LogP contribution in [0.25, 0.3) is 0 Å². The fourth-order valence-corrected chi connectivity index (χ4v) is 3.42. The van der Waals surface area contributed by atoms with E-state index in [1.165, 1.54) is 18.2 Å². The number of benzene rings is 2. The molecule has 1 aliphatic heterocycles. The van der Waals surface area contributed by atoms with Crippen molar-refractivity contribution in [3.05, 3.63) is 54.4 Å². The molecule has 0 saturated carbocycles. The predicted octanol–water partition coefficient (Wildman–Crippen LogP) is 5.46. The van der Waals surface area contributed by atoms with Crippen LogP contribution >= 0.6 is 58.0 Å². The zero-order chi connectivity index (χ0) is 17.0. The van der Waals surface area contributed by atoms with Gasteiger partial charge < -0.3 is 5.11 Å². The third-order valence-corrected chi connectivity index (χ3v) is 5.32.